The third-order valence-corrected chi connectivity index (χ3v) is 5.95. The van der Waals surface area contributed by atoms with E-state index in [-0.39, 0.29) is 12.7 Å². The van der Waals surface area contributed by atoms with Gasteiger partial charge in [-0.3, -0.25) is 0 Å². The van der Waals surface area contributed by atoms with Gasteiger partial charge >= 0.3 is 8.25 Å². The molecule has 0 fully saturated rings. The summed E-state index contributed by atoms with van der Waals surface area (Å²) in [5.74, 6) is 0. The molecule has 0 aromatic heterocycles. The van der Waals surface area contributed by atoms with Crippen LogP contribution in [0.4, 0.5) is 0 Å². The molecule has 0 aromatic carbocycles. The SMILES string of the molecule is CCCCCCCCCCCCCCCCCCOC[C@H](CO[P+](=O)OC)OC. The van der Waals surface area contributed by atoms with Crippen molar-refractivity contribution in [3.63, 3.8) is 0 Å². The first-order chi connectivity index (χ1) is 14.2. The smallest absolute Gasteiger partial charge is 0.379 e. The van der Waals surface area contributed by atoms with Gasteiger partial charge in [0.05, 0.1) is 13.7 Å². The van der Waals surface area contributed by atoms with Crippen molar-refractivity contribution in [2.24, 2.45) is 0 Å². The first-order valence-corrected chi connectivity index (χ1v) is 13.1. The number of methoxy groups -OCH3 is 1. The van der Waals surface area contributed by atoms with Crippen LogP contribution in [0.3, 0.4) is 0 Å². The van der Waals surface area contributed by atoms with Gasteiger partial charge in [0, 0.05) is 18.3 Å². The van der Waals surface area contributed by atoms with Crippen LogP contribution >= 0.6 is 8.25 Å². The van der Waals surface area contributed by atoms with Gasteiger partial charge in [0.1, 0.15) is 12.7 Å². The molecule has 0 aliphatic carbocycles. The van der Waals surface area contributed by atoms with Crippen LogP contribution in [-0.4, -0.2) is 40.1 Å². The second kappa shape index (κ2) is 24.2. The molecule has 0 aliphatic rings. The maximum Gasteiger partial charge on any atom is 0.697 e. The minimum atomic E-state index is -2.04. The van der Waals surface area contributed by atoms with E-state index in [4.69, 9.17) is 14.0 Å². The van der Waals surface area contributed by atoms with Crippen molar-refractivity contribution < 1.29 is 23.1 Å². The summed E-state index contributed by atoms with van der Waals surface area (Å²) in [5, 5.41) is 0. The standard InChI is InChI=1S/C23H48O5P/c1-4-5-6-7-8-9-10-11-12-13-14-15-16-17-18-19-20-27-21-23(25-2)22-28-29(24)26-3/h23H,4-22H2,1-3H3/q+1/t23-/m1/s1. The van der Waals surface area contributed by atoms with Crippen LogP contribution in [0.5, 0.6) is 0 Å². The zero-order valence-corrected chi connectivity index (χ0v) is 20.4. The largest absolute Gasteiger partial charge is 0.697 e. The predicted octanol–water partition coefficient (Wildman–Crippen LogP) is 7.60. The highest BCUT2D eigenvalue weighted by Gasteiger charge is 2.21. The molecule has 174 valence electrons. The highest BCUT2D eigenvalue weighted by molar-refractivity contribution is 7.33. The van der Waals surface area contributed by atoms with Crippen LogP contribution in [0, 0.1) is 0 Å². The van der Waals surface area contributed by atoms with Gasteiger partial charge in [0.25, 0.3) is 0 Å². The average molecular weight is 436 g/mol. The van der Waals surface area contributed by atoms with E-state index in [2.05, 4.69) is 11.4 Å². The lowest BCUT2D eigenvalue weighted by Crippen LogP contribution is -2.23. The van der Waals surface area contributed by atoms with Crippen molar-refractivity contribution in [1.82, 2.24) is 0 Å². The van der Waals surface area contributed by atoms with Crippen LogP contribution in [0.15, 0.2) is 0 Å². The number of rotatable bonds is 24. The molecule has 6 heteroatoms. The van der Waals surface area contributed by atoms with Crippen molar-refractivity contribution in [2.45, 2.75) is 116 Å². The zero-order valence-electron chi connectivity index (χ0n) is 19.5. The minimum Gasteiger partial charge on any atom is -0.379 e. The molecule has 1 unspecified atom stereocenters. The van der Waals surface area contributed by atoms with E-state index in [1.165, 1.54) is 103 Å². The second-order valence-electron chi connectivity index (χ2n) is 7.94. The van der Waals surface area contributed by atoms with Gasteiger partial charge in [0.2, 0.25) is 0 Å². The van der Waals surface area contributed by atoms with Crippen molar-refractivity contribution in [3.8, 4) is 0 Å². The lowest BCUT2D eigenvalue weighted by molar-refractivity contribution is -0.0160. The van der Waals surface area contributed by atoms with Crippen molar-refractivity contribution in [1.29, 1.82) is 0 Å². The first kappa shape index (κ1) is 28.9. The van der Waals surface area contributed by atoms with E-state index in [9.17, 15) is 4.57 Å². The summed E-state index contributed by atoms with van der Waals surface area (Å²) in [6, 6.07) is 0. The summed E-state index contributed by atoms with van der Waals surface area (Å²) in [7, 11) is 0.916. The molecule has 0 heterocycles. The van der Waals surface area contributed by atoms with E-state index < -0.39 is 8.25 Å². The Morgan fingerprint density at radius 3 is 1.52 bits per heavy atom. The van der Waals surface area contributed by atoms with E-state index in [0.717, 1.165) is 13.0 Å². The second-order valence-corrected chi connectivity index (χ2v) is 9.01. The Balaban J connectivity index is 3.20. The van der Waals surface area contributed by atoms with Gasteiger partial charge in [0.15, 0.2) is 0 Å². The van der Waals surface area contributed by atoms with Gasteiger partial charge in [-0.05, 0) is 6.42 Å². The van der Waals surface area contributed by atoms with E-state index in [0.29, 0.717) is 6.61 Å². The molecule has 29 heavy (non-hydrogen) atoms. The Morgan fingerprint density at radius 1 is 0.655 bits per heavy atom. The zero-order chi connectivity index (χ0) is 21.4. The fourth-order valence-electron chi connectivity index (χ4n) is 3.35. The quantitative estimate of drug-likeness (QED) is 0.115. The van der Waals surface area contributed by atoms with Crippen molar-refractivity contribution in [2.75, 3.05) is 34.0 Å². The predicted molar refractivity (Wildman–Crippen MR) is 122 cm³/mol. The molecule has 0 aromatic rings. The monoisotopic (exact) mass is 435 g/mol. The van der Waals surface area contributed by atoms with E-state index in [1.807, 2.05) is 0 Å². The number of hydrogen-bond acceptors (Lipinski definition) is 5. The normalized spacial score (nSPS) is 13.0. The van der Waals surface area contributed by atoms with Crippen LogP contribution < -0.4 is 0 Å². The molecule has 0 spiro atoms. The fourth-order valence-corrected chi connectivity index (χ4v) is 3.74. The maximum atomic E-state index is 11.1. The van der Waals surface area contributed by atoms with Gasteiger partial charge in [-0.25, -0.2) is 0 Å². The Morgan fingerprint density at radius 2 is 1.10 bits per heavy atom. The fraction of sp³-hybridized carbons (Fsp3) is 1.00. The van der Waals surface area contributed by atoms with Crippen LogP contribution in [0.2, 0.25) is 0 Å². The molecule has 0 bridgehead atoms. The molecule has 0 radical (unpaired) electrons. The summed E-state index contributed by atoms with van der Waals surface area (Å²) in [4.78, 5) is 0. The average Bonchev–Trinajstić information content (AvgIpc) is 2.74. The molecule has 0 rings (SSSR count). The Bertz CT molecular complexity index is 341. The van der Waals surface area contributed by atoms with Gasteiger partial charge < -0.3 is 9.47 Å². The third-order valence-electron chi connectivity index (χ3n) is 5.29. The number of unbranched alkanes of at least 4 members (excludes halogenated alkanes) is 15. The lowest BCUT2D eigenvalue weighted by Gasteiger charge is -2.12. The topological polar surface area (TPSA) is 54.0 Å². The van der Waals surface area contributed by atoms with E-state index in [1.54, 1.807) is 7.11 Å². The molecule has 0 saturated carbocycles. The molecule has 0 N–H and O–H groups in total. The van der Waals surface area contributed by atoms with Crippen molar-refractivity contribution >= 4 is 8.25 Å². The summed E-state index contributed by atoms with van der Waals surface area (Å²) in [5.41, 5.74) is 0. The third kappa shape index (κ3) is 22.4. The summed E-state index contributed by atoms with van der Waals surface area (Å²) < 4.78 is 31.5. The number of hydrogen-bond donors (Lipinski definition) is 0. The molecular weight excluding hydrogens is 387 g/mol. The Labute approximate surface area is 181 Å². The minimum absolute atomic E-state index is 0.204. The lowest BCUT2D eigenvalue weighted by atomic mass is 10.0. The van der Waals surface area contributed by atoms with Crippen LogP contribution in [-0.2, 0) is 23.1 Å². The first-order valence-electron chi connectivity index (χ1n) is 12.0. The molecule has 0 aliphatic heterocycles. The Hall–Kier alpha value is -0.0600. The molecular formula is C23H48O5P+. The van der Waals surface area contributed by atoms with Gasteiger partial charge in [-0.15, -0.1) is 9.05 Å². The Kier molecular flexibility index (Phi) is 24.2. The van der Waals surface area contributed by atoms with Gasteiger partial charge in [-0.1, -0.05) is 103 Å². The van der Waals surface area contributed by atoms with Crippen LogP contribution in [0.1, 0.15) is 110 Å². The summed E-state index contributed by atoms with van der Waals surface area (Å²) in [6.45, 7) is 3.71. The molecule has 5 nitrogen and oxygen atoms in total. The summed E-state index contributed by atoms with van der Waals surface area (Å²) in [6.07, 6.45) is 21.7. The van der Waals surface area contributed by atoms with Gasteiger partial charge in [-0.2, -0.15) is 0 Å². The van der Waals surface area contributed by atoms with E-state index >= 15 is 0 Å². The van der Waals surface area contributed by atoms with Crippen LogP contribution in [0.25, 0.3) is 0 Å². The summed E-state index contributed by atoms with van der Waals surface area (Å²) >= 11 is 0. The number of ether oxygens (including phenoxy) is 2. The van der Waals surface area contributed by atoms with Crippen molar-refractivity contribution in [3.05, 3.63) is 0 Å². The maximum absolute atomic E-state index is 11.1. The molecule has 2 atom stereocenters. The highest BCUT2D eigenvalue weighted by atomic mass is 31.1. The molecule has 0 saturated heterocycles. The highest BCUT2D eigenvalue weighted by Crippen LogP contribution is 2.22. The molecule has 0 amide bonds.